The Morgan fingerprint density at radius 2 is 2.11 bits per heavy atom. The number of halogens is 1. The number of likely N-dealkylation sites (tertiary alicyclic amines) is 2. The molecule has 1 N–H and O–H groups in total. The second-order valence-electron chi connectivity index (χ2n) is 7.59. The Morgan fingerprint density at radius 3 is 2.85 bits per heavy atom. The number of hydrogen-bond acceptors (Lipinski definition) is 3. The number of carbonyl (C=O) groups is 2. The number of piperidine rings is 1. The summed E-state index contributed by atoms with van der Waals surface area (Å²) >= 11 is 0. The quantitative estimate of drug-likeness (QED) is 0.903. The van der Waals surface area contributed by atoms with Crippen molar-refractivity contribution in [3.63, 3.8) is 0 Å². The molecule has 0 bridgehead atoms. The number of rotatable bonds is 3. The largest absolute Gasteiger partial charge is 0.338 e. The van der Waals surface area contributed by atoms with Crippen LogP contribution in [0.3, 0.4) is 0 Å². The number of imidazole rings is 1. The highest BCUT2D eigenvalue weighted by atomic mass is 19.1. The Bertz CT molecular complexity index is 880. The maximum Gasteiger partial charge on any atom is 0.289 e. The number of aromatic nitrogens is 2. The van der Waals surface area contributed by atoms with Crippen molar-refractivity contribution in [2.75, 3.05) is 19.6 Å². The maximum absolute atomic E-state index is 14.0. The van der Waals surface area contributed by atoms with Crippen LogP contribution in [0, 0.1) is 18.2 Å². The van der Waals surface area contributed by atoms with Crippen LogP contribution in [-0.4, -0.2) is 51.2 Å². The second kappa shape index (κ2) is 6.79. The van der Waals surface area contributed by atoms with Crippen molar-refractivity contribution < 1.29 is 14.0 Å². The maximum atomic E-state index is 14.0. The average Bonchev–Trinajstić information content (AvgIpc) is 3.28. The van der Waals surface area contributed by atoms with Crippen molar-refractivity contribution in [2.24, 2.45) is 5.41 Å². The van der Waals surface area contributed by atoms with E-state index in [4.69, 9.17) is 0 Å². The fourth-order valence-electron chi connectivity index (χ4n) is 4.23. The van der Waals surface area contributed by atoms with Crippen molar-refractivity contribution in [2.45, 2.75) is 32.7 Å². The first-order valence-corrected chi connectivity index (χ1v) is 9.32. The molecule has 0 aliphatic carbocycles. The number of carbonyl (C=O) groups excluding carboxylic acids is 2. The van der Waals surface area contributed by atoms with Gasteiger partial charge in [0.1, 0.15) is 5.82 Å². The molecule has 2 aromatic rings. The van der Waals surface area contributed by atoms with Crippen LogP contribution in [0.4, 0.5) is 4.39 Å². The minimum absolute atomic E-state index is 0.0305. The van der Waals surface area contributed by atoms with Gasteiger partial charge in [-0.2, -0.15) is 0 Å². The highest BCUT2D eigenvalue weighted by Crippen LogP contribution is 2.40. The molecule has 2 amide bonds. The molecule has 2 saturated heterocycles. The van der Waals surface area contributed by atoms with Crippen molar-refractivity contribution in [1.29, 1.82) is 0 Å². The molecule has 27 heavy (non-hydrogen) atoms. The fourth-order valence-corrected chi connectivity index (χ4v) is 4.23. The van der Waals surface area contributed by atoms with Gasteiger partial charge < -0.3 is 14.8 Å². The van der Waals surface area contributed by atoms with Gasteiger partial charge in [0.2, 0.25) is 5.91 Å². The lowest BCUT2D eigenvalue weighted by Crippen LogP contribution is -2.50. The SMILES string of the molecule is Cc1cnc(C(=O)N2CCC3(CCCN(Cc4ccccc4F)C3=O)C2)[nH]1. The molecule has 4 rings (SSSR count). The van der Waals surface area contributed by atoms with Crippen LogP contribution >= 0.6 is 0 Å². The molecule has 2 fully saturated rings. The van der Waals surface area contributed by atoms with Gasteiger partial charge in [-0.3, -0.25) is 9.59 Å². The number of nitrogens with zero attached hydrogens (tertiary/aromatic N) is 3. The zero-order chi connectivity index (χ0) is 19.0. The average molecular weight is 370 g/mol. The highest BCUT2D eigenvalue weighted by Gasteiger charge is 2.49. The van der Waals surface area contributed by atoms with Crippen molar-refractivity contribution >= 4 is 11.8 Å². The van der Waals surface area contributed by atoms with Gasteiger partial charge in [-0.15, -0.1) is 0 Å². The molecule has 0 radical (unpaired) electrons. The Morgan fingerprint density at radius 1 is 1.30 bits per heavy atom. The Kier molecular flexibility index (Phi) is 4.45. The van der Waals surface area contributed by atoms with Gasteiger partial charge >= 0.3 is 0 Å². The highest BCUT2D eigenvalue weighted by molar-refractivity contribution is 5.92. The fraction of sp³-hybridized carbons (Fsp3) is 0.450. The van der Waals surface area contributed by atoms with E-state index in [1.807, 2.05) is 6.92 Å². The number of nitrogens with one attached hydrogen (secondary N) is 1. The summed E-state index contributed by atoms with van der Waals surface area (Å²) in [6.07, 6.45) is 3.90. The van der Waals surface area contributed by atoms with E-state index >= 15 is 0 Å². The number of benzene rings is 1. The summed E-state index contributed by atoms with van der Waals surface area (Å²) in [5.41, 5.74) is 0.804. The minimum atomic E-state index is -0.555. The van der Waals surface area contributed by atoms with Gasteiger partial charge in [0.15, 0.2) is 5.82 Å². The van der Waals surface area contributed by atoms with Crippen molar-refractivity contribution in [3.05, 3.63) is 53.4 Å². The summed E-state index contributed by atoms with van der Waals surface area (Å²) in [6, 6.07) is 6.56. The van der Waals surface area contributed by atoms with Crippen LogP contribution in [0.5, 0.6) is 0 Å². The second-order valence-corrected chi connectivity index (χ2v) is 7.59. The van der Waals surface area contributed by atoms with E-state index in [9.17, 15) is 14.0 Å². The molecule has 1 aromatic carbocycles. The molecule has 0 saturated carbocycles. The topological polar surface area (TPSA) is 69.3 Å². The van der Waals surface area contributed by atoms with E-state index in [0.717, 1.165) is 18.5 Å². The van der Waals surface area contributed by atoms with Crippen LogP contribution in [0.2, 0.25) is 0 Å². The summed E-state index contributed by atoms with van der Waals surface area (Å²) in [5, 5.41) is 0. The van der Waals surface area contributed by atoms with Crippen LogP contribution in [-0.2, 0) is 11.3 Å². The van der Waals surface area contributed by atoms with Gasteiger partial charge in [-0.05, 0) is 32.3 Å². The van der Waals surface area contributed by atoms with E-state index in [2.05, 4.69) is 9.97 Å². The number of hydrogen-bond donors (Lipinski definition) is 1. The third-order valence-corrected chi connectivity index (χ3v) is 5.69. The van der Waals surface area contributed by atoms with Gasteiger partial charge in [0.05, 0.1) is 5.41 Å². The molecule has 6 nitrogen and oxygen atoms in total. The van der Waals surface area contributed by atoms with E-state index in [1.54, 1.807) is 34.2 Å². The van der Waals surface area contributed by atoms with Gasteiger partial charge in [0, 0.05) is 43.6 Å². The number of aryl methyl sites for hydroxylation is 1. The molecule has 1 spiro atoms. The zero-order valence-corrected chi connectivity index (χ0v) is 15.4. The molecule has 142 valence electrons. The normalized spacial score (nSPS) is 22.7. The van der Waals surface area contributed by atoms with E-state index in [1.165, 1.54) is 6.07 Å². The minimum Gasteiger partial charge on any atom is -0.338 e. The first-order valence-electron chi connectivity index (χ1n) is 9.32. The summed E-state index contributed by atoms with van der Waals surface area (Å²) < 4.78 is 14.0. The summed E-state index contributed by atoms with van der Waals surface area (Å²) in [6.45, 7) is 3.69. The third kappa shape index (κ3) is 3.22. The van der Waals surface area contributed by atoms with Gasteiger partial charge in [-0.25, -0.2) is 9.37 Å². The van der Waals surface area contributed by atoms with Crippen LogP contribution < -0.4 is 0 Å². The van der Waals surface area contributed by atoms with Crippen LogP contribution in [0.1, 0.15) is 41.1 Å². The first kappa shape index (κ1) is 17.7. The zero-order valence-electron chi connectivity index (χ0n) is 15.4. The lowest BCUT2D eigenvalue weighted by atomic mass is 9.78. The molecule has 3 heterocycles. The molecule has 2 aliphatic heterocycles. The van der Waals surface area contributed by atoms with Crippen molar-refractivity contribution in [1.82, 2.24) is 19.8 Å². The molecule has 1 unspecified atom stereocenters. The van der Waals surface area contributed by atoms with Gasteiger partial charge in [-0.1, -0.05) is 18.2 Å². The Hall–Kier alpha value is -2.70. The summed E-state index contributed by atoms with van der Waals surface area (Å²) in [5.74, 6) is -0.112. The molecular formula is C20H23FN4O2. The monoisotopic (exact) mass is 370 g/mol. The Labute approximate surface area is 157 Å². The van der Waals surface area contributed by atoms with Crippen molar-refractivity contribution in [3.8, 4) is 0 Å². The predicted octanol–water partition coefficient (Wildman–Crippen LogP) is 2.51. The van der Waals surface area contributed by atoms with Crippen LogP contribution in [0.25, 0.3) is 0 Å². The van der Waals surface area contributed by atoms with E-state index in [0.29, 0.717) is 37.4 Å². The van der Waals surface area contributed by atoms with Crippen LogP contribution in [0.15, 0.2) is 30.5 Å². The molecule has 7 heteroatoms. The molecular weight excluding hydrogens is 347 g/mol. The third-order valence-electron chi connectivity index (χ3n) is 5.69. The first-order chi connectivity index (χ1) is 13.0. The summed E-state index contributed by atoms with van der Waals surface area (Å²) in [7, 11) is 0. The lowest BCUT2D eigenvalue weighted by molar-refractivity contribution is -0.146. The van der Waals surface area contributed by atoms with E-state index in [-0.39, 0.29) is 24.2 Å². The number of amides is 2. The molecule has 1 atom stereocenters. The smallest absolute Gasteiger partial charge is 0.289 e. The Balaban J connectivity index is 1.49. The lowest BCUT2D eigenvalue weighted by Gasteiger charge is -2.39. The molecule has 1 aromatic heterocycles. The predicted molar refractivity (Wildman–Crippen MR) is 97.3 cm³/mol. The summed E-state index contributed by atoms with van der Waals surface area (Å²) in [4.78, 5) is 36.4. The molecule has 2 aliphatic rings. The number of H-pyrrole nitrogens is 1. The standard InChI is InChI=1S/C20H23FN4O2/c1-14-11-22-17(23-14)18(26)25-10-8-20(13-25)7-4-9-24(19(20)27)12-15-5-2-3-6-16(15)21/h2-3,5-6,11H,4,7-10,12-13H2,1H3,(H,22,23). The van der Waals surface area contributed by atoms with E-state index < -0.39 is 5.41 Å². The number of aromatic amines is 1. The van der Waals surface area contributed by atoms with Gasteiger partial charge in [0.25, 0.3) is 5.91 Å².